The molecule has 1 unspecified atom stereocenters. The zero-order valence-electron chi connectivity index (χ0n) is 16.4. The molecule has 1 aromatic carbocycles. The molecule has 6 nitrogen and oxygen atoms in total. The Morgan fingerprint density at radius 1 is 1.19 bits per heavy atom. The Bertz CT molecular complexity index is 785. The molecule has 2 rings (SSSR count). The molecule has 1 atom stereocenters. The maximum Gasteiger partial charge on any atom is 0.255 e. The second-order valence-corrected chi connectivity index (χ2v) is 7.54. The number of aromatic nitrogens is 2. The molecule has 6 heteroatoms. The standard InChI is InChI=1S/C20H28N4O2/c1-7-17-16(12-21-24(17)15-10-8-13(2)9-11-15)19(26)22-14(3)18(25)23-20(4,5)6/h8-12,14H,7H2,1-6H3,(H,22,26)(H,23,25). The molecule has 0 spiro atoms. The van der Waals surface area contributed by atoms with E-state index in [0.29, 0.717) is 12.0 Å². The lowest BCUT2D eigenvalue weighted by Crippen LogP contribution is -2.50. The largest absolute Gasteiger partial charge is 0.350 e. The number of nitrogens with zero attached hydrogens (tertiary/aromatic N) is 2. The number of carbonyl (C=O) groups excluding carboxylic acids is 2. The van der Waals surface area contributed by atoms with E-state index < -0.39 is 6.04 Å². The van der Waals surface area contributed by atoms with E-state index in [-0.39, 0.29) is 17.4 Å². The van der Waals surface area contributed by atoms with Gasteiger partial charge in [0.25, 0.3) is 5.91 Å². The van der Waals surface area contributed by atoms with Crippen molar-refractivity contribution in [2.45, 2.75) is 59.5 Å². The van der Waals surface area contributed by atoms with Gasteiger partial charge in [0.1, 0.15) is 6.04 Å². The molecule has 1 aromatic heterocycles. The molecule has 0 radical (unpaired) electrons. The summed E-state index contributed by atoms with van der Waals surface area (Å²) in [6.07, 6.45) is 2.21. The van der Waals surface area contributed by atoms with Crippen LogP contribution in [0.4, 0.5) is 0 Å². The van der Waals surface area contributed by atoms with E-state index in [4.69, 9.17) is 0 Å². The zero-order chi connectivity index (χ0) is 19.5. The van der Waals surface area contributed by atoms with Crippen molar-refractivity contribution >= 4 is 11.8 Å². The number of benzene rings is 1. The van der Waals surface area contributed by atoms with Gasteiger partial charge >= 0.3 is 0 Å². The molecule has 2 amide bonds. The fourth-order valence-corrected chi connectivity index (χ4v) is 2.63. The molecule has 2 N–H and O–H groups in total. The van der Waals surface area contributed by atoms with Crippen molar-refractivity contribution in [2.75, 3.05) is 0 Å². The predicted octanol–water partition coefficient (Wildman–Crippen LogP) is 2.78. The van der Waals surface area contributed by atoms with Crippen molar-refractivity contribution in [3.63, 3.8) is 0 Å². The minimum absolute atomic E-state index is 0.213. The lowest BCUT2D eigenvalue weighted by molar-refractivity contribution is -0.124. The third kappa shape index (κ3) is 4.71. The molecule has 0 saturated heterocycles. The van der Waals surface area contributed by atoms with Crippen molar-refractivity contribution in [1.29, 1.82) is 0 Å². The highest BCUT2D eigenvalue weighted by Gasteiger charge is 2.23. The minimum Gasteiger partial charge on any atom is -0.350 e. The first-order valence-corrected chi connectivity index (χ1v) is 8.89. The monoisotopic (exact) mass is 356 g/mol. The first-order chi connectivity index (χ1) is 12.1. The van der Waals surface area contributed by atoms with E-state index in [9.17, 15) is 9.59 Å². The summed E-state index contributed by atoms with van der Waals surface area (Å²) in [5.74, 6) is -0.508. The number of amides is 2. The van der Waals surface area contributed by atoms with Gasteiger partial charge in [0, 0.05) is 5.54 Å². The van der Waals surface area contributed by atoms with E-state index in [1.807, 2.05) is 58.9 Å². The van der Waals surface area contributed by atoms with Gasteiger partial charge in [0.15, 0.2) is 0 Å². The third-order valence-corrected chi connectivity index (χ3v) is 3.97. The normalized spacial score (nSPS) is 12.5. The van der Waals surface area contributed by atoms with Crippen LogP contribution in [0.25, 0.3) is 5.69 Å². The molecule has 0 saturated carbocycles. The number of hydrogen-bond acceptors (Lipinski definition) is 3. The van der Waals surface area contributed by atoms with Crippen LogP contribution in [0.2, 0.25) is 0 Å². The fraction of sp³-hybridized carbons (Fsp3) is 0.450. The molecule has 0 fully saturated rings. The first-order valence-electron chi connectivity index (χ1n) is 8.89. The highest BCUT2D eigenvalue weighted by molar-refractivity contribution is 5.98. The Kier molecular flexibility index (Phi) is 5.85. The van der Waals surface area contributed by atoms with Crippen molar-refractivity contribution in [3.8, 4) is 5.69 Å². The van der Waals surface area contributed by atoms with E-state index in [1.165, 1.54) is 0 Å². The average Bonchev–Trinajstić information content (AvgIpc) is 2.97. The Balaban J connectivity index is 2.19. The molecule has 0 aliphatic rings. The number of hydrogen-bond donors (Lipinski definition) is 2. The SMILES string of the molecule is CCc1c(C(=O)NC(C)C(=O)NC(C)(C)C)cnn1-c1ccc(C)cc1. The molecule has 140 valence electrons. The average molecular weight is 356 g/mol. The van der Waals surface area contributed by atoms with E-state index in [0.717, 1.165) is 16.9 Å². The Morgan fingerprint density at radius 3 is 2.35 bits per heavy atom. The fourth-order valence-electron chi connectivity index (χ4n) is 2.63. The van der Waals surface area contributed by atoms with E-state index >= 15 is 0 Å². The van der Waals surface area contributed by atoms with Crippen LogP contribution in [0.3, 0.4) is 0 Å². The second kappa shape index (κ2) is 7.72. The van der Waals surface area contributed by atoms with Crippen LogP contribution >= 0.6 is 0 Å². The summed E-state index contributed by atoms with van der Waals surface area (Å²) in [7, 11) is 0. The lowest BCUT2D eigenvalue weighted by atomic mass is 10.1. The molecule has 26 heavy (non-hydrogen) atoms. The van der Waals surface area contributed by atoms with Gasteiger partial charge < -0.3 is 10.6 Å². The van der Waals surface area contributed by atoms with Crippen LogP contribution in [-0.4, -0.2) is 33.2 Å². The van der Waals surface area contributed by atoms with Gasteiger partial charge in [0.05, 0.1) is 23.1 Å². The summed E-state index contributed by atoms with van der Waals surface area (Å²) in [5.41, 5.74) is 3.03. The van der Waals surface area contributed by atoms with Gasteiger partial charge in [-0.3, -0.25) is 9.59 Å². The topological polar surface area (TPSA) is 76.0 Å². The van der Waals surface area contributed by atoms with Crippen LogP contribution in [0.1, 0.15) is 56.2 Å². The summed E-state index contributed by atoms with van der Waals surface area (Å²) in [4.78, 5) is 24.9. The van der Waals surface area contributed by atoms with E-state index in [2.05, 4.69) is 15.7 Å². The highest BCUT2D eigenvalue weighted by atomic mass is 16.2. The number of nitrogens with one attached hydrogen (secondary N) is 2. The molecule has 0 bridgehead atoms. The Labute approximate surface area is 155 Å². The second-order valence-electron chi connectivity index (χ2n) is 7.54. The maximum absolute atomic E-state index is 12.7. The minimum atomic E-state index is -0.630. The summed E-state index contributed by atoms with van der Waals surface area (Å²) in [5, 5.41) is 10.0. The molecular weight excluding hydrogens is 328 g/mol. The van der Waals surface area contributed by atoms with Crippen LogP contribution in [0, 0.1) is 6.92 Å². The van der Waals surface area contributed by atoms with Crippen LogP contribution < -0.4 is 10.6 Å². The molecule has 2 aromatic rings. The van der Waals surface area contributed by atoms with Crippen molar-refractivity contribution in [2.24, 2.45) is 0 Å². The summed E-state index contributed by atoms with van der Waals surface area (Å²) < 4.78 is 1.77. The van der Waals surface area contributed by atoms with Crippen LogP contribution in [0.15, 0.2) is 30.5 Å². The first kappa shape index (κ1) is 19.7. The number of rotatable bonds is 5. The molecule has 0 aliphatic heterocycles. The van der Waals surface area contributed by atoms with Crippen LogP contribution in [-0.2, 0) is 11.2 Å². The van der Waals surface area contributed by atoms with Crippen molar-refractivity contribution in [3.05, 3.63) is 47.3 Å². The molecular formula is C20H28N4O2. The van der Waals surface area contributed by atoms with Gasteiger partial charge in [-0.1, -0.05) is 24.6 Å². The summed E-state index contributed by atoms with van der Waals surface area (Å²) in [6, 6.07) is 7.34. The number of carbonyl (C=O) groups is 2. The van der Waals surface area contributed by atoms with Gasteiger partial charge in [-0.05, 0) is 53.2 Å². The van der Waals surface area contributed by atoms with Crippen LogP contribution in [0.5, 0.6) is 0 Å². The highest BCUT2D eigenvalue weighted by Crippen LogP contribution is 2.16. The van der Waals surface area contributed by atoms with Gasteiger partial charge in [-0.15, -0.1) is 0 Å². The number of aryl methyl sites for hydroxylation is 1. The van der Waals surface area contributed by atoms with Gasteiger partial charge in [-0.25, -0.2) is 4.68 Å². The maximum atomic E-state index is 12.7. The summed E-state index contributed by atoms with van der Waals surface area (Å²) >= 11 is 0. The van der Waals surface area contributed by atoms with Crippen molar-refractivity contribution < 1.29 is 9.59 Å². The summed E-state index contributed by atoms with van der Waals surface area (Å²) in [6.45, 7) is 11.4. The zero-order valence-corrected chi connectivity index (χ0v) is 16.4. The van der Waals surface area contributed by atoms with Crippen molar-refractivity contribution in [1.82, 2.24) is 20.4 Å². The van der Waals surface area contributed by atoms with Gasteiger partial charge in [0.2, 0.25) is 5.91 Å². The Morgan fingerprint density at radius 2 is 1.81 bits per heavy atom. The smallest absolute Gasteiger partial charge is 0.255 e. The third-order valence-electron chi connectivity index (χ3n) is 3.97. The molecule has 1 heterocycles. The van der Waals surface area contributed by atoms with E-state index in [1.54, 1.807) is 17.8 Å². The molecule has 0 aliphatic carbocycles. The predicted molar refractivity (Wildman–Crippen MR) is 103 cm³/mol. The lowest BCUT2D eigenvalue weighted by Gasteiger charge is -2.23. The Hall–Kier alpha value is -2.63. The van der Waals surface area contributed by atoms with Gasteiger partial charge in [-0.2, -0.15) is 5.10 Å². The quantitative estimate of drug-likeness (QED) is 0.865.